The first-order valence-electron chi connectivity index (χ1n) is 11.2. The summed E-state index contributed by atoms with van der Waals surface area (Å²) in [5, 5.41) is 0.774. The summed E-state index contributed by atoms with van der Waals surface area (Å²) in [5.74, 6) is 1.75. The molecule has 0 bridgehead atoms. The molecule has 0 aliphatic carbocycles. The van der Waals surface area contributed by atoms with E-state index in [4.69, 9.17) is 18.6 Å². The van der Waals surface area contributed by atoms with Gasteiger partial charge in [-0.2, -0.15) is 0 Å². The number of para-hydroxylation sites is 1. The van der Waals surface area contributed by atoms with Crippen LogP contribution in [0.15, 0.2) is 58.0 Å². The van der Waals surface area contributed by atoms with Gasteiger partial charge in [0.1, 0.15) is 34.9 Å². The summed E-state index contributed by atoms with van der Waals surface area (Å²) < 4.78 is 23.5. The molecule has 9 heteroatoms. The lowest BCUT2D eigenvalue weighted by Gasteiger charge is -2.28. The van der Waals surface area contributed by atoms with E-state index in [0.29, 0.717) is 47.9 Å². The van der Waals surface area contributed by atoms with Crippen LogP contribution in [-0.2, 0) is 11.3 Å². The summed E-state index contributed by atoms with van der Waals surface area (Å²) in [7, 11) is 4.78. The second kappa shape index (κ2) is 9.17. The normalized spacial score (nSPS) is 13.7. The molecule has 0 unspecified atom stereocenters. The highest BCUT2D eigenvalue weighted by molar-refractivity contribution is 6.01. The highest BCUT2D eigenvalue weighted by Gasteiger charge is 2.24. The van der Waals surface area contributed by atoms with Gasteiger partial charge in [0.15, 0.2) is 0 Å². The number of methoxy groups -OCH3 is 3. The number of amides is 1. The number of rotatable bonds is 6. The lowest BCUT2D eigenvalue weighted by Crippen LogP contribution is -2.39. The molecular formula is C26H25N3O6. The number of aromatic nitrogens is 2. The van der Waals surface area contributed by atoms with Crippen molar-refractivity contribution in [1.29, 1.82) is 0 Å². The zero-order chi connectivity index (χ0) is 24.5. The summed E-state index contributed by atoms with van der Waals surface area (Å²) >= 11 is 0. The molecule has 0 spiro atoms. The Morgan fingerprint density at radius 2 is 1.83 bits per heavy atom. The predicted molar refractivity (Wildman–Crippen MR) is 131 cm³/mol. The van der Waals surface area contributed by atoms with Gasteiger partial charge in [-0.15, -0.1) is 0 Å². The molecule has 0 saturated carbocycles. The molecule has 4 aromatic rings. The van der Waals surface area contributed by atoms with Crippen LogP contribution >= 0.6 is 0 Å². The van der Waals surface area contributed by atoms with Crippen LogP contribution in [0.4, 0.5) is 0 Å². The fraction of sp³-hybridized carbons (Fsp3) is 0.269. The molecule has 0 radical (unpaired) electrons. The van der Waals surface area contributed by atoms with Crippen LogP contribution in [0.3, 0.4) is 0 Å². The molecule has 1 amide bonds. The molecule has 2 aromatic carbocycles. The molecule has 0 fully saturated rings. The topological polar surface area (TPSA) is 96.0 Å². The minimum Gasteiger partial charge on any atom is -0.496 e. The molecule has 1 aliphatic rings. The highest BCUT2D eigenvalue weighted by Crippen LogP contribution is 2.40. The number of ether oxygens (including phenoxy) is 3. The molecule has 9 nitrogen and oxygen atoms in total. The van der Waals surface area contributed by atoms with Crippen LogP contribution < -0.4 is 19.8 Å². The Morgan fingerprint density at radius 3 is 2.49 bits per heavy atom. The molecule has 0 N–H and O–H groups in total. The number of nitrogens with zero attached hydrogens (tertiary/aromatic N) is 3. The average Bonchev–Trinajstić information content (AvgIpc) is 3.29. The summed E-state index contributed by atoms with van der Waals surface area (Å²) in [6.45, 7) is 0.788. The fourth-order valence-electron chi connectivity index (χ4n) is 4.42. The van der Waals surface area contributed by atoms with Gasteiger partial charge in [0.05, 0.1) is 33.2 Å². The average molecular weight is 476 g/mol. The van der Waals surface area contributed by atoms with E-state index in [1.54, 1.807) is 32.3 Å². The molecule has 35 heavy (non-hydrogen) atoms. The van der Waals surface area contributed by atoms with Crippen molar-refractivity contribution in [1.82, 2.24) is 14.5 Å². The maximum absolute atomic E-state index is 13.0. The first-order valence-corrected chi connectivity index (χ1v) is 11.2. The van der Waals surface area contributed by atoms with Crippen LogP contribution in [0, 0.1) is 0 Å². The van der Waals surface area contributed by atoms with Crippen molar-refractivity contribution in [3.63, 3.8) is 0 Å². The lowest BCUT2D eigenvalue weighted by atomic mass is 9.97. The predicted octanol–water partition coefficient (Wildman–Crippen LogP) is 3.48. The van der Waals surface area contributed by atoms with E-state index in [1.165, 1.54) is 10.9 Å². The Bertz CT molecular complexity index is 1490. The van der Waals surface area contributed by atoms with Crippen molar-refractivity contribution in [3.8, 4) is 17.2 Å². The molecule has 2 aromatic heterocycles. The number of furan rings is 1. The Kier molecular flexibility index (Phi) is 5.90. The number of hydrogen-bond donors (Lipinski definition) is 0. The van der Waals surface area contributed by atoms with Crippen LogP contribution in [0.1, 0.15) is 12.0 Å². The largest absolute Gasteiger partial charge is 0.496 e. The first kappa shape index (κ1) is 22.5. The molecule has 1 aliphatic heterocycles. The van der Waals surface area contributed by atoms with Crippen LogP contribution in [0.2, 0.25) is 0 Å². The van der Waals surface area contributed by atoms with E-state index in [1.807, 2.05) is 36.4 Å². The summed E-state index contributed by atoms with van der Waals surface area (Å²) in [4.78, 5) is 32.1. The Labute approximate surface area is 201 Å². The SMILES string of the molecule is COc1cc(OC)c(C2=CCN(C(=O)Cn3cnc4c(oc5ccccc54)c3=O)CC2)c(OC)c1. The van der Waals surface area contributed by atoms with Gasteiger partial charge in [0, 0.05) is 30.6 Å². The maximum Gasteiger partial charge on any atom is 0.297 e. The quantitative estimate of drug-likeness (QED) is 0.421. The first-order chi connectivity index (χ1) is 17.0. The zero-order valence-electron chi connectivity index (χ0n) is 19.7. The van der Waals surface area contributed by atoms with Crippen molar-refractivity contribution >= 4 is 33.5 Å². The van der Waals surface area contributed by atoms with E-state index in [-0.39, 0.29) is 23.6 Å². The lowest BCUT2D eigenvalue weighted by molar-refractivity contribution is -0.131. The van der Waals surface area contributed by atoms with Crippen molar-refractivity contribution in [2.75, 3.05) is 34.4 Å². The van der Waals surface area contributed by atoms with Gasteiger partial charge in [0.25, 0.3) is 5.56 Å². The zero-order valence-corrected chi connectivity index (χ0v) is 19.7. The van der Waals surface area contributed by atoms with Gasteiger partial charge in [-0.3, -0.25) is 14.2 Å². The van der Waals surface area contributed by atoms with E-state index in [0.717, 1.165) is 16.5 Å². The number of benzene rings is 2. The van der Waals surface area contributed by atoms with Crippen molar-refractivity contribution in [3.05, 3.63) is 64.7 Å². The Balaban J connectivity index is 1.37. The highest BCUT2D eigenvalue weighted by atomic mass is 16.5. The minimum absolute atomic E-state index is 0.114. The molecule has 180 valence electrons. The van der Waals surface area contributed by atoms with E-state index >= 15 is 0 Å². The Morgan fingerprint density at radius 1 is 1.09 bits per heavy atom. The molecule has 0 saturated heterocycles. The van der Waals surface area contributed by atoms with Crippen molar-refractivity contribution in [2.24, 2.45) is 0 Å². The van der Waals surface area contributed by atoms with Crippen LogP contribution in [0.5, 0.6) is 17.2 Å². The minimum atomic E-state index is -0.375. The van der Waals surface area contributed by atoms with E-state index in [2.05, 4.69) is 4.98 Å². The summed E-state index contributed by atoms with van der Waals surface area (Å²) in [6.07, 6.45) is 4.00. The number of fused-ring (bicyclic) bond motifs is 3. The van der Waals surface area contributed by atoms with E-state index < -0.39 is 0 Å². The monoisotopic (exact) mass is 475 g/mol. The van der Waals surface area contributed by atoms with Gasteiger partial charge in [-0.05, 0) is 24.1 Å². The van der Waals surface area contributed by atoms with E-state index in [9.17, 15) is 9.59 Å². The van der Waals surface area contributed by atoms with Crippen molar-refractivity contribution < 1.29 is 23.4 Å². The van der Waals surface area contributed by atoms with Gasteiger partial charge in [0.2, 0.25) is 11.5 Å². The van der Waals surface area contributed by atoms with Crippen LogP contribution in [0.25, 0.3) is 27.6 Å². The number of carbonyl (C=O) groups excluding carboxylic acids is 1. The summed E-state index contributed by atoms with van der Waals surface area (Å²) in [5.41, 5.74) is 2.74. The van der Waals surface area contributed by atoms with Crippen molar-refractivity contribution in [2.45, 2.75) is 13.0 Å². The standard InChI is InChI=1S/C26H25N3O6/c1-32-17-12-20(33-2)23(21(13-17)34-3)16-8-10-28(11-9-16)22(30)14-29-15-27-24-18-6-4-5-7-19(18)35-25(24)26(29)31/h4-8,12-13,15H,9-11,14H2,1-3H3. The van der Waals surface area contributed by atoms with Gasteiger partial charge in [-0.1, -0.05) is 18.2 Å². The third-order valence-electron chi connectivity index (χ3n) is 6.25. The summed E-state index contributed by atoms with van der Waals surface area (Å²) in [6, 6.07) is 11.0. The van der Waals surface area contributed by atoms with Gasteiger partial charge in [-0.25, -0.2) is 4.98 Å². The molecule has 0 atom stereocenters. The fourth-order valence-corrected chi connectivity index (χ4v) is 4.42. The second-order valence-electron chi connectivity index (χ2n) is 8.18. The molecule has 5 rings (SSSR count). The number of hydrogen-bond acceptors (Lipinski definition) is 7. The number of carbonyl (C=O) groups is 1. The Hall–Kier alpha value is -4.27. The van der Waals surface area contributed by atoms with Crippen LogP contribution in [-0.4, -0.2) is 54.8 Å². The third kappa shape index (κ3) is 3.99. The van der Waals surface area contributed by atoms with Gasteiger partial charge >= 0.3 is 0 Å². The third-order valence-corrected chi connectivity index (χ3v) is 6.25. The molecular weight excluding hydrogens is 450 g/mol. The smallest absolute Gasteiger partial charge is 0.297 e. The molecule has 3 heterocycles. The second-order valence-corrected chi connectivity index (χ2v) is 8.18. The van der Waals surface area contributed by atoms with Gasteiger partial charge < -0.3 is 23.5 Å². The maximum atomic E-state index is 13.0.